The van der Waals surface area contributed by atoms with E-state index in [1.54, 1.807) is 46.9 Å². The zero-order chi connectivity index (χ0) is 12.2. The Kier molecular flexibility index (Phi) is 4.28. The van der Waals surface area contributed by atoms with E-state index in [-0.39, 0.29) is 0 Å². The zero-order valence-corrected chi connectivity index (χ0v) is 11.1. The van der Waals surface area contributed by atoms with E-state index >= 15 is 0 Å². The van der Waals surface area contributed by atoms with Crippen molar-refractivity contribution in [2.24, 2.45) is 0 Å². The number of alkyl halides is 1. The van der Waals surface area contributed by atoms with Gasteiger partial charge in [0.25, 0.3) is 0 Å². The highest BCUT2D eigenvalue weighted by Gasteiger charge is 2.35. The molecule has 5 heteroatoms. The van der Waals surface area contributed by atoms with E-state index in [0.717, 1.165) is 0 Å². The van der Waals surface area contributed by atoms with Crippen molar-refractivity contribution in [2.75, 3.05) is 0 Å². The van der Waals surface area contributed by atoms with Crippen LogP contribution >= 0.6 is 22.6 Å². The average Bonchev–Trinajstić information content (AvgIpc) is 2.16. The first-order valence-electron chi connectivity index (χ1n) is 4.57. The second-order valence-corrected chi connectivity index (χ2v) is 4.51. The first kappa shape index (κ1) is 13.0. The fraction of sp³-hybridized carbons (Fsp3) is 0.273. The Labute approximate surface area is 107 Å². The Morgan fingerprint density at radius 2 is 1.50 bits per heavy atom. The third-order valence-electron chi connectivity index (χ3n) is 1.67. The molecule has 0 aliphatic carbocycles. The number of rotatable bonds is 3. The third kappa shape index (κ3) is 3.48. The predicted molar refractivity (Wildman–Crippen MR) is 65.7 cm³/mol. The van der Waals surface area contributed by atoms with Gasteiger partial charge in [-0.3, -0.25) is 9.59 Å². The maximum atomic E-state index is 11.0. The maximum Gasteiger partial charge on any atom is 0.335 e. The molecular weight excluding hydrogens is 323 g/mol. The molecule has 0 radical (unpaired) electrons. The third-order valence-corrected chi connectivity index (χ3v) is 2.73. The lowest BCUT2D eigenvalue weighted by Gasteiger charge is -2.26. The molecule has 1 aromatic carbocycles. The van der Waals surface area contributed by atoms with Crippen molar-refractivity contribution in [2.45, 2.75) is 17.6 Å². The molecule has 0 unspecified atom stereocenters. The molecule has 0 heterocycles. The van der Waals surface area contributed by atoms with Crippen molar-refractivity contribution in [3.05, 3.63) is 35.9 Å². The lowest BCUT2D eigenvalue weighted by Crippen LogP contribution is -2.30. The summed E-state index contributed by atoms with van der Waals surface area (Å²) in [5, 5.41) is 0. The lowest BCUT2D eigenvalue weighted by atomic mass is 10.2. The number of halogens is 1. The molecule has 0 saturated carbocycles. The number of carbonyl (C=O) groups is 2. The quantitative estimate of drug-likeness (QED) is 0.369. The second kappa shape index (κ2) is 5.29. The monoisotopic (exact) mass is 334 g/mol. The minimum atomic E-state index is -1.39. The summed E-state index contributed by atoms with van der Waals surface area (Å²) in [5.41, 5.74) is 0.598. The Morgan fingerprint density at radius 1 is 1.06 bits per heavy atom. The van der Waals surface area contributed by atoms with E-state index in [2.05, 4.69) is 0 Å². The van der Waals surface area contributed by atoms with Gasteiger partial charge in [0.2, 0.25) is 0 Å². The molecular formula is C11H11IO4. The molecule has 0 bridgehead atoms. The second-order valence-electron chi connectivity index (χ2n) is 3.09. The van der Waals surface area contributed by atoms with Gasteiger partial charge in [-0.15, -0.1) is 0 Å². The molecule has 0 saturated heterocycles. The van der Waals surface area contributed by atoms with Crippen LogP contribution in [0.5, 0.6) is 0 Å². The van der Waals surface area contributed by atoms with Gasteiger partial charge in [0.15, 0.2) is 0 Å². The summed E-state index contributed by atoms with van der Waals surface area (Å²) in [5.74, 6) is -1.03. The van der Waals surface area contributed by atoms with Gasteiger partial charge < -0.3 is 9.47 Å². The largest absolute Gasteiger partial charge is 0.409 e. The fourth-order valence-corrected chi connectivity index (χ4v) is 2.13. The van der Waals surface area contributed by atoms with E-state index in [1.807, 2.05) is 6.07 Å². The lowest BCUT2D eigenvalue weighted by molar-refractivity contribution is -0.192. The summed E-state index contributed by atoms with van der Waals surface area (Å²) >= 11 is 1.79. The van der Waals surface area contributed by atoms with Crippen LogP contribution in [0, 0.1) is 0 Å². The number of hydrogen-bond acceptors (Lipinski definition) is 4. The SMILES string of the molecule is CC(=O)OC(I)(OC(C)=O)c1ccccc1. The molecule has 0 atom stereocenters. The molecule has 0 aliphatic rings. The van der Waals surface area contributed by atoms with Gasteiger partial charge in [-0.05, 0) is 0 Å². The summed E-state index contributed by atoms with van der Waals surface area (Å²) in [6.45, 7) is 2.53. The number of carbonyl (C=O) groups excluding carboxylic acids is 2. The fourth-order valence-electron chi connectivity index (χ4n) is 1.15. The average molecular weight is 334 g/mol. The summed E-state index contributed by atoms with van der Waals surface area (Å²) in [6.07, 6.45) is 0. The van der Waals surface area contributed by atoms with Crippen molar-refractivity contribution in [1.29, 1.82) is 0 Å². The van der Waals surface area contributed by atoms with Crippen LogP contribution in [0.15, 0.2) is 30.3 Å². The van der Waals surface area contributed by atoms with Gasteiger partial charge in [0, 0.05) is 42.0 Å². The van der Waals surface area contributed by atoms with Gasteiger partial charge in [-0.2, -0.15) is 0 Å². The van der Waals surface area contributed by atoms with Crippen LogP contribution in [0.1, 0.15) is 19.4 Å². The minimum Gasteiger partial charge on any atom is -0.409 e. The Hall–Kier alpha value is -1.11. The molecule has 0 aliphatic heterocycles. The number of benzene rings is 1. The van der Waals surface area contributed by atoms with Gasteiger partial charge >= 0.3 is 15.7 Å². The van der Waals surface area contributed by atoms with Crippen LogP contribution < -0.4 is 0 Å². The summed E-state index contributed by atoms with van der Waals surface area (Å²) in [4.78, 5) is 22.0. The van der Waals surface area contributed by atoms with Crippen molar-refractivity contribution in [1.82, 2.24) is 0 Å². The molecule has 16 heavy (non-hydrogen) atoms. The summed E-state index contributed by atoms with van der Waals surface area (Å²) < 4.78 is 8.69. The summed E-state index contributed by atoms with van der Waals surface area (Å²) in [6, 6.07) is 8.81. The van der Waals surface area contributed by atoms with E-state index in [1.165, 1.54) is 13.8 Å². The van der Waals surface area contributed by atoms with Crippen LogP contribution in [-0.2, 0) is 22.9 Å². The van der Waals surface area contributed by atoms with Crippen LogP contribution in [0.3, 0.4) is 0 Å². The topological polar surface area (TPSA) is 52.6 Å². The van der Waals surface area contributed by atoms with E-state index < -0.39 is 15.7 Å². The van der Waals surface area contributed by atoms with Gasteiger partial charge in [0.1, 0.15) is 0 Å². The molecule has 0 spiro atoms. The summed E-state index contributed by atoms with van der Waals surface area (Å²) in [7, 11) is 0. The van der Waals surface area contributed by atoms with E-state index in [4.69, 9.17) is 9.47 Å². The Morgan fingerprint density at radius 3 is 1.88 bits per heavy atom. The molecule has 1 aromatic rings. The van der Waals surface area contributed by atoms with Crippen molar-refractivity contribution >= 4 is 34.5 Å². The van der Waals surface area contributed by atoms with Crippen LogP contribution in [0.2, 0.25) is 0 Å². The van der Waals surface area contributed by atoms with Crippen molar-refractivity contribution in [3.63, 3.8) is 0 Å². The highest BCUT2D eigenvalue weighted by Crippen LogP contribution is 2.35. The van der Waals surface area contributed by atoms with E-state index in [0.29, 0.717) is 5.56 Å². The van der Waals surface area contributed by atoms with Gasteiger partial charge in [0.05, 0.1) is 0 Å². The number of esters is 2. The Bertz CT molecular complexity index is 372. The normalized spacial score (nSPS) is 10.7. The van der Waals surface area contributed by atoms with Crippen LogP contribution in [0.25, 0.3) is 0 Å². The van der Waals surface area contributed by atoms with Gasteiger partial charge in [-0.1, -0.05) is 30.3 Å². The maximum absolute atomic E-state index is 11.0. The molecule has 1 rings (SSSR count). The van der Waals surface area contributed by atoms with Crippen molar-refractivity contribution < 1.29 is 19.1 Å². The Balaban J connectivity index is 3.04. The molecule has 0 fully saturated rings. The molecule has 0 N–H and O–H groups in total. The number of ether oxygens (including phenoxy) is 2. The van der Waals surface area contributed by atoms with E-state index in [9.17, 15) is 9.59 Å². The molecule has 0 aromatic heterocycles. The standard InChI is InChI=1S/C11H11IO4/c1-8(13)15-11(12,16-9(2)14)10-6-4-3-5-7-10/h3-7H,1-2H3. The minimum absolute atomic E-state index is 0.514. The molecule has 0 amide bonds. The van der Waals surface area contributed by atoms with Crippen molar-refractivity contribution in [3.8, 4) is 0 Å². The van der Waals surface area contributed by atoms with Crippen LogP contribution in [-0.4, -0.2) is 11.9 Å². The molecule has 4 nitrogen and oxygen atoms in total. The highest BCUT2D eigenvalue weighted by atomic mass is 127. The number of hydrogen-bond donors (Lipinski definition) is 0. The van der Waals surface area contributed by atoms with Crippen LogP contribution in [0.4, 0.5) is 0 Å². The first-order valence-corrected chi connectivity index (χ1v) is 5.65. The predicted octanol–water partition coefficient (Wildman–Crippen LogP) is 2.36. The first-order chi connectivity index (χ1) is 7.44. The van der Waals surface area contributed by atoms with Gasteiger partial charge in [-0.25, -0.2) is 0 Å². The highest BCUT2D eigenvalue weighted by molar-refractivity contribution is 14.1. The zero-order valence-electron chi connectivity index (χ0n) is 8.90. The smallest absolute Gasteiger partial charge is 0.335 e. The molecule has 86 valence electrons.